The number of halogens is 1. The van der Waals surface area contributed by atoms with Crippen molar-refractivity contribution in [3.63, 3.8) is 0 Å². The van der Waals surface area contributed by atoms with Gasteiger partial charge in [0, 0.05) is 23.0 Å². The first-order valence-electron chi connectivity index (χ1n) is 5.25. The van der Waals surface area contributed by atoms with Gasteiger partial charge in [-0.3, -0.25) is 4.79 Å². The number of amides is 1. The Morgan fingerprint density at radius 2 is 2.22 bits per heavy atom. The first-order valence-corrected chi connectivity index (χ1v) is 7.87. The molecule has 1 aromatic rings. The van der Waals surface area contributed by atoms with Crippen molar-refractivity contribution >= 4 is 37.5 Å². The molecule has 0 unspecified atom stereocenters. The van der Waals surface area contributed by atoms with Crippen LogP contribution in [-0.2, 0) is 9.84 Å². The molecule has 0 spiro atoms. The molecule has 1 aromatic heterocycles. The number of nitrogens with two attached hydrogens (primary N) is 1. The van der Waals surface area contributed by atoms with Crippen LogP contribution in [0, 0.1) is 0 Å². The fraction of sp³-hybridized carbons (Fsp3) is 0.400. The molecule has 0 fully saturated rings. The third-order valence-corrected chi connectivity index (χ3v) is 4.41. The number of rotatable bonds is 5. The highest BCUT2D eigenvalue weighted by molar-refractivity contribution is 9.10. The van der Waals surface area contributed by atoms with Crippen molar-refractivity contribution in [2.45, 2.75) is 6.92 Å². The molecule has 0 radical (unpaired) electrons. The molecule has 8 heteroatoms. The van der Waals surface area contributed by atoms with Crippen LogP contribution in [0.4, 0.5) is 5.82 Å². The molecule has 1 heterocycles. The highest BCUT2D eigenvalue weighted by atomic mass is 79.9. The fourth-order valence-electron chi connectivity index (χ4n) is 1.19. The van der Waals surface area contributed by atoms with Gasteiger partial charge in [-0.15, -0.1) is 0 Å². The molecule has 6 nitrogen and oxygen atoms in total. The number of nitrogens with zero attached hydrogens (tertiary/aromatic N) is 1. The molecule has 0 aromatic carbocycles. The molecule has 0 aliphatic carbocycles. The zero-order chi connectivity index (χ0) is 13.8. The second-order valence-electron chi connectivity index (χ2n) is 3.58. The van der Waals surface area contributed by atoms with E-state index in [4.69, 9.17) is 5.73 Å². The molecular weight excluding hydrogens is 322 g/mol. The van der Waals surface area contributed by atoms with E-state index in [1.54, 1.807) is 6.92 Å². The second-order valence-corrected chi connectivity index (χ2v) is 6.97. The first kappa shape index (κ1) is 14.9. The van der Waals surface area contributed by atoms with E-state index in [1.807, 2.05) is 0 Å². The van der Waals surface area contributed by atoms with Gasteiger partial charge in [0.2, 0.25) is 0 Å². The standard InChI is InChI=1S/C10H14BrN3O3S/c1-2-18(16,17)4-3-13-10(15)8-5-7(11)6-14-9(8)12/h5-6H,2-4H2,1H3,(H2,12,14)(H,13,15). The largest absolute Gasteiger partial charge is 0.383 e. The van der Waals surface area contributed by atoms with Gasteiger partial charge in [0.15, 0.2) is 9.84 Å². The number of hydrogen-bond acceptors (Lipinski definition) is 5. The summed E-state index contributed by atoms with van der Waals surface area (Å²) in [6.07, 6.45) is 1.48. The Labute approximate surface area is 114 Å². The summed E-state index contributed by atoms with van der Waals surface area (Å²) in [5.41, 5.74) is 5.78. The van der Waals surface area contributed by atoms with E-state index in [0.717, 1.165) is 0 Å². The van der Waals surface area contributed by atoms with Gasteiger partial charge in [0.25, 0.3) is 5.91 Å². The maximum atomic E-state index is 11.7. The second kappa shape index (κ2) is 6.14. The van der Waals surface area contributed by atoms with Crippen molar-refractivity contribution in [1.29, 1.82) is 0 Å². The lowest BCUT2D eigenvalue weighted by Crippen LogP contribution is -2.30. The van der Waals surface area contributed by atoms with Crippen LogP contribution < -0.4 is 11.1 Å². The zero-order valence-electron chi connectivity index (χ0n) is 9.81. The van der Waals surface area contributed by atoms with Crippen LogP contribution in [0.5, 0.6) is 0 Å². The van der Waals surface area contributed by atoms with Gasteiger partial charge in [-0.2, -0.15) is 0 Å². The Morgan fingerprint density at radius 3 is 2.83 bits per heavy atom. The predicted molar refractivity (Wildman–Crippen MR) is 73.0 cm³/mol. The number of nitrogen functional groups attached to an aromatic ring is 1. The van der Waals surface area contributed by atoms with E-state index >= 15 is 0 Å². The van der Waals surface area contributed by atoms with Crippen molar-refractivity contribution in [3.05, 3.63) is 22.3 Å². The van der Waals surface area contributed by atoms with Crippen LogP contribution >= 0.6 is 15.9 Å². The minimum absolute atomic E-state index is 0.0565. The molecular formula is C10H14BrN3O3S. The molecule has 18 heavy (non-hydrogen) atoms. The van der Waals surface area contributed by atoms with Crippen molar-refractivity contribution < 1.29 is 13.2 Å². The van der Waals surface area contributed by atoms with Gasteiger partial charge in [0.05, 0.1) is 11.3 Å². The van der Waals surface area contributed by atoms with E-state index in [0.29, 0.717) is 4.47 Å². The highest BCUT2D eigenvalue weighted by Gasteiger charge is 2.13. The third kappa shape index (κ3) is 4.26. The van der Waals surface area contributed by atoms with Crippen LogP contribution in [0.1, 0.15) is 17.3 Å². The number of pyridine rings is 1. The van der Waals surface area contributed by atoms with E-state index in [2.05, 4.69) is 26.2 Å². The Morgan fingerprint density at radius 1 is 1.56 bits per heavy atom. The Bertz CT molecular complexity index is 545. The SMILES string of the molecule is CCS(=O)(=O)CCNC(=O)c1cc(Br)cnc1N. The third-order valence-electron chi connectivity index (χ3n) is 2.27. The molecule has 0 bridgehead atoms. The number of carbonyl (C=O) groups is 1. The van der Waals surface area contributed by atoms with E-state index in [1.165, 1.54) is 12.3 Å². The average Bonchev–Trinajstić information content (AvgIpc) is 2.32. The summed E-state index contributed by atoms with van der Waals surface area (Å²) >= 11 is 3.18. The van der Waals surface area contributed by atoms with Crippen LogP contribution in [0.15, 0.2) is 16.7 Å². The number of hydrogen-bond donors (Lipinski definition) is 2. The number of nitrogens with one attached hydrogen (secondary N) is 1. The molecule has 0 saturated carbocycles. The van der Waals surface area contributed by atoms with E-state index in [-0.39, 0.29) is 29.4 Å². The van der Waals surface area contributed by atoms with Crippen molar-refractivity contribution in [2.24, 2.45) is 0 Å². The van der Waals surface area contributed by atoms with Crippen molar-refractivity contribution in [2.75, 3.05) is 23.8 Å². The number of carbonyl (C=O) groups excluding carboxylic acids is 1. The highest BCUT2D eigenvalue weighted by Crippen LogP contribution is 2.15. The summed E-state index contributed by atoms with van der Waals surface area (Å²) in [6, 6.07) is 1.53. The molecule has 1 rings (SSSR count). The summed E-state index contributed by atoms with van der Waals surface area (Å²) in [4.78, 5) is 15.6. The minimum atomic E-state index is -3.09. The normalized spacial score (nSPS) is 11.2. The smallest absolute Gasteiger partial charge is 0.255 e. The quantitative estimate of drug-likeness (QED) is 0.819. The molecule has 0 atom stereocenters. The van der Waals surface area contributed by atoms with Crippen molar-refractivity contribution in [1.82, 2.24) is 10.3 Å². The molecule has 0 aliphatic heterocycles. The maximum Gasteiger partial charge on any atom is 0.255 e. The summed E-state index contributed by atoms with van der Waals surface area (Å²) in [7, 11) is -3.09. The number of sulfone groups is 1. The number of anilines is 1. The Hall–Kier alpha value is -1.15. The topological polar surface area (TPSA) is 102 Å². The Kier molecular flexibility index (Phi) is 5.09. The molecule has 100 valence electrons. The summed E-state index contributed by atoms with van der Waals surface area (Å²) in [5, 5.41) is 2.50. The van der Waals surface area contributed by atoms with Crippen LogP contribution in [0.2, 0.25) is 0 Å². The number of aromatic nitrogens is 1. The lowest BCUT2D eigenvalue weighted by atomic mass is 10.2. The predicted octanol–water partition coefficient (Wildman–Crippen LogP) is 0.591. The Balaban J connectivity index is 2.64. The van der Waals surface area contributed by atoms with Crippen LogP contribution in [0.25, 0.3) is 0 Å². The average molecular weight is 336 g/mol. The maximum absolute atomic E-state index is 11.7. The van der Waals surface area contributed by atoms with Crippen LogP contribution in [0.3, 0.4) is 0 Å². The fourth-order valence-corrected chi connectivity index (χ4v) is 2.22. The monoisotopic (exact) mass is 335 g/mol. The van der Waals surface area contributed by atoms with Gasteiger partial charge in [-0.1, -0.05) is 6.92 Å². The van der Waals surface area contributed by atoms with Gasteiger partial charge in [0.1, 0.15) is 5.82 Å². The minimum Gasteiger partial charge on any atom is -0.383 e. The molecule has 3 N–H and O–H groups in total. The van der Waals surface area contributed by atoms with Crippen LogP contribution in [-0.4, -0.2) is 37.4 Å². The van der Waals surface area contributed by atoms with Gasteiger partial charge >= 0.3 is 0 Å². The summed E-state index contributed by atoms with van der Waals surface area (Å²) in [5.74, 6) is -0.360. The zero-order valence-corrected chi connectivity index (χ0v) is 12.2. The first-order chi connectivity index (χ1) is 8.35. The molecule has 0 saturated heterocycles. The summed E-state index contributed by atoms with van der Waals surface area (Å²) in [6.45, 7) is 1.62. The van der Waals surface area contributed by atoms with Gasteiger partial charge in [-0.05, 0) is 22.0 Å². The summed E-state index contributed by atoms with van der Waals surface area (Å²) < 4.78 is 23.1. The van der Waals surface area contributed by atoms with Crippen molar-refractivity contribution in [3.8, 4) is 0 Å². The molecule has 0 aliphatic rings. The lowest BCUT2D eigenvalue weighted by Gasteiger charge is -2.07. The molecule has 1 amide bonds. The van der Waals surface area contributed by atoms with Gasteiger partial charge in [-0.25, -0.2) is 13.4 Å². The van der Waals surface area contributed by atoms with Gasteiger partial charge < -0.3 is 11.1 Å². The van der Waals surface area contributed by atoms with E-state index < -0.39 is 15.7 Å². The lowest BCUT2D eigenvalue weighted by molar-refractivity contribution is 0.0956. The van der Waals surface area contributed by atoms with E-state index in [9.17, 15) is 13.2 Å².